The van der Waals surface area contributed by atoms with Gasteiger partial charge in [-0.25, -0.2) is 0 Å². The molecule has 0 fully saturated rings. The van der Waals surface area contributed by atoms with E-state index in [-0.39, 0.29) is 6.04 Å². The molecule has 2 nitrogen and oxygen atoms in total. The number of rotatable bonds is 4. The van der Waals surface area contributed by atoms with Gasteiger partial charge in [0.15, 0.2) is 0 Å². The Labute approximate surface area is 119 Å². The maximum atomic E-state index is 5.64. The molecule has 102 valence electrons. The molecule has 1 atom stereocenters. The molecule has 0 saturated carbocycles. The molecule has 1 aromatic carbocycles. The normalized spacial score (nSPS) is 12.5. The van der Waals surface area contributed by atoms with Crippen molar-refractivity contribution in [3.63, 3.8) is 0 Å². The van der Waals surface area contributed by atoms with Gasteiger partial charge >= 0.3 is 0 Å². The summed E-state index contributed by atoms with van der Waals surface area (Å²) in [4.78, 5) is 1.35. The second-order valence-corrected chi connectivity index (χ2v) is 5.77. The van der Waals surface area contributed by atoms with Gasteiger partial charge in [-0.2, -0.15) is 0 Å². The highest BCUT2D eigenvalue weighted by Gasteiger charge is 2.21. The van der Waals surface area contributed by atoms with Crippen molar-refractivity contribution in [2.75, 3.05) is 14.2 Å². The summed E-state index contributed by atoms with van der Waals surface area (Å²) in [5.41, 5.74) is 5.01. The monoisotopic (exact) mass is 275 g/mol. The third-order valence-corrected chi connectivity index (χ3v) is 4.76. The number of nitrogens with one attached hydrogen (secondary N) is 1. The summed E-state index contributed by atoms with van der Waals surface area (Å²) in [6.07, 6.45) is 0. The predicted octanol–water partition coefficient (Wildman–Crippen LogP) is 3.99. The number of hydrogen-bond acceptors (Lipinski definition) is 3. The van der Waals surface area contributed by atoms with Crippen molar-refractivity contribution in [1.29, 1.82) is 0 Å². The standard InChI is InChI=1S/C16H21NOS/c1-10-6-7-13(15(18-5)12(10)3)14(17-4)16-11(2)8-9-19-16/h6-9,14,17H,1-5H3. The first kappa shape index (κ1) is 14.1. The van der Waals surface area contributed by atoms with E-state index in [2.05, 4.69) is 49.7 Å². The minimum atomic E-state index is 0.189. The SMILES string of the molecule is CNC(c1ccc(C)c(C)c1OC)c1sccc1C. The summed E-state index contributed by atoms with van der Waals surface area (Å²) >= 11 is 1.79. The average molecular weight is 275 g/mol. The number of hydrogen-bond donors (Lipinski definition) is 1. The van der Waals surface area contributed by atoms with Crippen molar-refractivity contribution >= 4 is 11.3 Å². The first-order valence-electron chi connectivity index (χ1n) is 6.45. The zero-order chi connectivity index (χ0) is 14.0. The summed E-state index contributed by atoms with van der Waals surface area (Å²) in [6, 6.07) is 6.69. The number of aryl methyl sites for hydroxylation is 2. The third kappa shape index (κ3) is 2.53. The maximum absolute atomic E-state index is 5.64. The maximum Gasteiger partial charge on any atom is 0.127 e. The van der Waals surface area contributed by atoms with Crippen LogP contribution in [0, 0.1) is 20.8 Å². The van der Waals surface area contributed by atoms with Crippen LogP contribution in [0.1, 0.15) is 33.2 Å². The van der Waals surface area contributed by atoms with E-state index < -0.39 is 0 Å². The Morgan fingerprint density at radius 1 is 1.11 bits per heavy atom. The first-order chi connectivity index (χ1) is 9.10. The Hall–Kier alpha value is -1.32. The Kier molecular flexibility index (Phi) is 4.27. The van der Waals surface area contributed by atoms with Gasteiger partial charge in [0, 0.05) is 10.4 Å². The van der Waals surface area contributed by atoms with E-state index in [0.717, 1.165) is 5.75 Å². The van der Waals surface area contributed by atoms with E-state index in [4.69, 9.17) is 4.74 Å². The van der Waals surface area contributed by atoms with Gasteiger partial charge in [0.2, 0.25) is 0 Å². The smallest absolute Gasteiger partial charge is 0.127 e. The van der Waals surface area contributed by atoms with Crippen LogP contribution in [-0.2, 0) is 0 Å². The lowest BCUT2D eigenvalue weighted by atomic mass is 9.97. The lowest BCUT2D eigenvalue weighted by molar-refractivity contribution is 0.402. The molecular weight excluding hydrogens is 254 g/mol. The molecule has 2 aromatic rings. The molecule has 2 rings (SSSR count). The van der Waals surface area contributed by atoms with Crippen molar-refractivity contribution in [3.8, 4) is 5.75 Å². The Balaban J connectivity index is 2.56. The lowest BCUT2D eigenvalue weighted by Crippen LogP contribution is -2.18. The van der Waals surface area contributed by atoms with Crippen molar-refractivity contribution in [1.82, 2.24) is 5.32 Å². The molecule has 3 heteroatoms. The van der Waals surface area contributed by atoms with Crippen molar-refractivity contribution in [2.24, 2.45) is 0 Å². The van der Waals surface area contributed by atoms with Gasteiger partial charge in [0.1, 0.15) is 5.75 Å². The summed E-state index contributed by atoms with van der Waals surface area (Å²) in [6.45, 7) is 6.39. The van der Waals surface area contributed by atoms with Crippen LogP contribution in [-0.4, -0.2) is 14.2 Å². The van der Waals surface area contributed by atoms with E-state index in [1.54, 1.807) is 18.4 Å². The number of benzene rings is 1. The van der Waals surface area contributed by atoms with Gasteiger partial charge in [0.05, 0.1) is 13.2 Å². The van der Waals surface area contributed by atoms with Crippen molar-refractivity contribution < 1.29 is 4.74 Å². The third-order valence-electron chi connectivity index (χ3n) is 3.67. The molecule has 0 amide bonds. The predicted molar refractivity (Wildman–Crippen MR) is 82.4 cm³/mol. The van der Waals surface area contributed by atoms with Crippen molar-refractivity contribution in [2.45, 2.75) is 26.8 Å². The summed E-state index contributed by atoms with van der Waals surface area (Å²) in [5, 5.41) is 5.55. The molecule has 0 radical (unpaired) electrons. The van der Waals surface area contributed by atoms with E-state index in [0.29, 0.717) is 0 Å². The lowest BCUT2D eigenvalue weighted by Gasteiger charge is -2.21. The quantitative estimate of drug-likeness (QED) is 0.911. The van der Waals surface area contributed by atoms with E-state index in [9.17, 15) is 0 Å². The highest BCUT2D eigenvalue weighted by Crippen LogP contribution is 2.36. The minimum absolute atomic E-state index is 0.189. The number of methoxy groups -OCH3 is 1. The fourth-order valence-corrected chi connectivity index (χ4v) is 3.47. The van der Waals surface area contributed by atoms with Crippen LogP contribution < -0.4 is 10.1 Å². The topological polar surface area (TPSA) is 21.3 Å². The zero-order valence-corrected chi connectivity index (χ0v) is 13.0. The molecule has 0 spiro atoms. The Morgan fingerprint density at radius 2 is 1.84 bits per heavy atom. The van der Waals surface area contributed by atoms with Gasteiger partial charge in [-0.05, 0) is 56.0 Å². The summed E-state index contributed by atoms with van der Waals surface area (Å²) in [7, 11) is 3.75. The summed E-state index contributed by atoms with van der Waals surface area (Å²) < 4.78 is 5.64. The van der Waals surface area contributed by atoms with Gasteiger partial charge in [-0.3, -0.25) is 0 Å². The van der Waals surface area contributed by atoms with E-state index in [1.165, 1.54) is 27.1 Å². The van der Waals surface area contributed by atoms with Crippen LogP contribution in [0.5, 0.6) is 5.75 Å². The van der Waals surface area contributed by atoms with Gasteiger partial charge < -0.3 is 10.1 Å². The molecule has 1 heterocycles. The van der Waals surface area contributed by atoms with Crippen LogP contribution in [0.25, 0.3) is 0 Å². The molecule has 0 bridgehead atoms. The van der Waals surface area contributed by atoms with Crippen LogP contribution in [0.4, 0.5) is 0 Å². The van der Waals surface area contributed by atoms with Gasteiger partial charge in [-0.1, -0.05) is 12.1 Å². The Bertz CT molecular complexity index is 574. The molecule has 0 aliphatic heterocycles. The molecule has 0 saturated heterocycles. The van der Waals surface area contributed by atoms with Crippen LogP contribution in [0.15, 0.2) is 23.6 Å². The molecule has 1 aromatic heterocycles. The number of thiophene rings is 1. The average Bonchev–Trinajstić information content (AvgIpc) is 2.81. The molecule has 19 heavy (non-hydrogen) atoms. The van der Waals surface area contributed by atoms with Gasteiger partial charge in [-0.15, -0.1) is 11.3 Å². The second kappa shape index (κ2) is 5.76. The fourth-order valence-electron chi connectivity index (χ4n) is 2.42. The van der Waals surface area contributed by atoms with E-state index >= 15 is 0 Å². The van der Waals surface area contributed by atoms with Crippen LogP contribution in [0.2, 0.25) is 0 Å². The summed E-state index contributed by atoms with van der Waals surface area (Å²) in [5.74, 6) is 0.993. The Morgan fingerprint density at radius 3 is 2.37 bits per heavy atom. The minimum Gasteiger partial charge on any atom is -0.496 e. The largest absolute Gasteiger partial charge is 0.496 e. The zero-order valence-electron chi connectivity index (χ0n) is 12.2. The fraction of sp³-hybridized carbons (Fsp3) is 0.375. The number of ether oxygens (including phenoxy) is 1. The van der Waals surface area contributed by atoms with E-state index in [1.807, 2.05) is 7.05 Å². The van der Waals surface area contributed by atoms with Crippen molar-refractivity contribution in [3.05, 3.63) is 50.7 Å². The molecule has 0 aliphatic rings. The highest BCUT2D eigenvalue weighted by atomic mass is 32.1. The molecule has 1 N–H and O–H groups in total. The van der Waals surface area contributed by atoms with Gasteiger partial charge in [0.25, 0.3) is 0 Å². The first-order valence-corrected chi connectivity index (χ1v) is 7.33. The molecule has 0 aliphatic carbocycles. The molecular formula is C16H21NOS. The second-order valence-electron chi connectivity index (χ2n) is 4.82. The van der Waals surface area contributed by atoms with Crippen LogP contribution in [0.3, 0.4) is 0 Å². The molecule has 1 unspecified atom stereocenters. The highest BCUT2D eigenvalue weighted by molar-refractivity contribution is 7.10. The van der Waals surface area contributed by atoms with Crippen LogP contribution >= 0.6 is 11.3 Å².